The Bertz CT molecular complexity index is 440. The standard InChI is InChI=1S/C12H15N3/c1-8(2)11-13-12(15-14-11)10-6-4-9(3)5-7-10/h4-8H,1-3H3,(H,13,14,15). The summed E-state index contributed by atoms with van der Waals surface area (Å²) in [6, 6.07) is 8.26. The van der Waals surface area contributed by atoms with Crippen molar-refractivity contribution in [2.24, 2.45) is 0 Å². The number of nitrogens with one attached hydrogen (secondary N) is 1. The summed E-state index contributed by atoms with van der Waals surface area (Å²) in [6.45, 7) is 6.24. The fourth-order valence-corrected chi connectivity index (χ4v) is 1.37. The normalized spacial score (nSPS) is 10.9. The zero-order chi connectivity index (χ0) is 10.8. The molecule has 0 unspecified atom stereocenters. The van der Waals surface area contributed by atoms with Crippen LogP contribution >= 0.6 is 0 Å². The van der Waals surface area contributed by atoms with Gasteiger partial charge in [-0.05, 0) is 6.92 Å². The lowest BCUT2D eigenvalue weighted by molar-refractivity contribution is 0.781. The van der Waals surface area contributed by atoms with Crippen LogP contribution in [0.15, 0.2) is 24.3 Å². The van der Waals surface area contributed by atoms with Gasteiger partial charge in [0, 0.05) is 11.5 Å². The molecule has 0 radical (unpaired) electrons. The topological polar surface area (TPSA) is 41.6 Å². The van der Waals surface area contributed by atoms with Gasteiger partial charge < -0.3 is 0 Å². The second-order valence-electron chi connectivity index (χ2n) is 4.06. The number of aromatic amines is 1. The van der Waals surface area contributed by atoms with E-state index in [4.69, 9.17) is 0 Å². The number of aryl methyl sites for hydroxylation is 1. The zero-order valence-corrected chi connectivity index (χ0v) is 9.28. The second kappa shape index (κ2) is 3.85. The molecule has 2 aromatic rings. The van der Waals surface area contributed by atoms with Gasteiger partial charge in [-0.2, -0.15) is 5.10 Å². The third kappa shape index (κ3) is 2.06. The molecule has 0 spiro atoms. The van der Waals surface area contributed by atoms with Gasteiger partial charge in [0.2, 0.25) is 0 Å². The Morgan fingerprint density at radius 1 is 1.13 bits per heavy atom. The van der Waals surface area contributed by atoms with Crippen molar-refractivity contribution in [2.75, 3.05) is 0 Å². The first-order chi connectivity index (χ1) is 7.16. The van der Waals surface area contributed by atoms with E-state index < -0.39 is 0 Å². The smallest absolute Gasteiger partial charge is 0.155 e. The Kier molecular flexibility index (Phi) is 2.54. The van der Waals surface area contributed by atoms with Gasteiger partial charge in [-0.25, -0.2) is 4.98 Å². The van der Waals surface area contributed by atoms with Crippen LogP contribution in [0.2, 0.25) is 0 Å². The number of hydrogen-bond donors (Lipinski definition) is 1. The third-order valence-electron chi connectivity index (χ3n) is 2.34. The molecule has 0 saturated heterocycles. The Labute approximate surface area is 89.6 Å². The van der Waals surface area contributed by atoms with E-state index in [0.29, 0.717) is 5.92 Å². The maximum Gasteiger partial charge on any atom is 0.155 e. The molecule has 0 bridgehead atoms. The SMILES string of the molecule is Cc1ccc(-c2nc(C(C)C)n[nH]2)cc1. The van der Waals surface area contributed by atoms with Crippen LogP contribution < -0.4 is 0 Å². The summed E-state index contributed by atoms with van der Waals surface area (Å²) in [5.41, 5.74) is 2.34. The lowest BCUT2D eigenvalue weighted by Crippen LogP contribution is -1.89. The van der Waals surface area contributed by atoms with Crippen LogP contribution in [0, 0.1) is 6.92 Å². The summed E-state index contributed by atoms with van der Waals surface area (Å²) in [7, 11) is 0. The van der Waals surface area contributed by atoms with Crippen molar-refractivity contribution < 1.29 is 0 Å². The first-order valence-electron chi connectivity index (χ1n) is 5.16. The highest BCUT2D eigenvalue weighted by Crippen LogP contribution is 2.17. The molecular formula is C12H15N3. The van der Waals surface area contributed by atoms with Crippen LogP contribution in [-0.2, 0) is 0 Å². The molecule has 0 atom stereocenters. The second-order valence-corrected chi connectivity index (χ2v) is 4.06. The third-order valence-corrected chi connectivity index (χ3v) is 2.34. The van der Waals surface area contributed by atoms with E-state index in [-0.39, 0.29) is 0 Å². The van der Waals surface area contributed by atoms with Crippen molar-refractivity contribution in [1.82, 2.24) is 15.2 Å². The molecule has 0 saturated carbocycles. The highest BCUT2D eigenvalue weighted by Gasteiger charge is 2.07. The summed E-state index contributed by atoms with van der Waals surface area (Å²) >= 11 is 0. The van der Waals surface area contributed by atoms with Crippen LogP contribution in [0.1, 0.15) is 31.2 Å². The maximum atomic E-state index is 4.44. The molecule has 15 heavy (non-hydrogen) atoms. The monoisotopic (exact) mass is 201 g/mol. The number of aromatic nitrogens is 3. The van der Waals surface area contributed by atoms with E-state index in [1.807, 2.05) is 0 Å². The van der Waals surface area contributed by atoms with E-state index >= 15 is 0 Å². The zero-order valence-electron chi connectivity index (χ0n) is 9.28. The predicted octanol–water partition coefficient (Wildman–Crippen LogP) is 2.90. The van der Waals surface area contributed by atoms with Gasteiger partial charge >= 0.3 is 0 Å². The number of rotatable bonds is 2. The van der Waals surface area contributed by atoms with Crippen molar-refractivity contribution in [1.29, 1.82) is 0 Å². The predicted molar refractivity (Wildman–Crippen MR) is 60.6 cm³/mol. The molecule has 0 amide bonds. The highest BCUT2D eigenvalue weighted by atomic mass is 15.2. The Morgan fingerprint density at radius 2 is 1.80 bits per heavy atom. The molecule has 3 heteroatoms. The summed E-state index contributed by atoms with van der Waals surface area (Å²) in [6.07, 6.45) is 0. The Hall–Kier alpha value is -1.64. The molecule has 1 N–H and O–H groups in total. The fraction of sp³-hybridized carbons (Fsp3) is 0.333. The molecule has 1 heterocycles. The minimum atomic E-state index is 0.362. The van der Waals surface area contributed by atoms with E-state index in [2.05, 4.69) is 60.2 Å². The van der Waals surface area contributed by atoms with Crippen LogP contribution in [0.25, 0.3) is 11.4 Å². The van der Waals surface area contributed by atoms with E-state index in [9.17, 15) is 0 Å². The van der Waals surface area contributed by atoms with E-state index in [0.717, 1.165) is 17.2 Å². The first kappa shape index (κ1) is 9.90. The van der Waals surface area contributed by atoms with Crippen LogP contribution in [0.5, 0.6) is 0 Å². The van der Waals surface area contributed by atoms with Crippen molar-refractivity contribution in [3.63, 3.8) is 0 Å². The summed E-state index contributed by atoms with van der Waals surface area (Å²) in [5, 5.41) is 7.14. The van der Waals surface area contributed by atoms with Crippen LogP contribution in [0.3, 0.4) is 0 Å². The number of benzene rings is 1. The molecule has 3 nitrogen and oxygen atoms in total. The summed E-state index contributed by atoms with van der Waals surface area (Å²) in [4.78, 5) is 4.44. The number of nitrogens with zero attached hydrogens (tertiary/aromatic N) is 2. The van der Waals surface area contributed by atoms with Crippen molar-refractivity contribution in [2.45, 2.75) is 26.7 Å². The van der Waals surface area contributed by atoms with Crippen LogP contribution in [0.4, 0.5) is 0 Å². The van der Waals surface area contributed by atoms with Gasteiger partial charge in [0.25, 0.3) is 0 Å². The quantitative estimate of drug-likeness (QED) is 0.811. The van der Waals surface area contributed by atoms with Gasteiger partial charge in [-0.3, -0.25) is 5.10 Å². The van der Waals surface area contributed by atoms with Gasteiger partial charge in [-0.15, -0.1) is 0 Å². The molecular weight excluding hydrogens is 186 g/mol. The summed E-state index contributed by atoms with van der Waals surface area (Å²) in [5.74, 6) is 2.07. The number of H-pyrrole nitrogens is 1. The van der Waals surface area contributed by atoms with Crippen molar-refractivity contribution in [3.05, 3.63) is 35.7 Å². The largest absolute Gasteiger partial charge is 0.259 e. The van der Waals surface area contributed by atoms with Gasteiger partial charge in [0.15, 0.2) is 11.6 Å². The van der Waals surface area contributed by atoms with Gasteiger partial charge in [0.1, 0.15) is 0 Å². The average molecular weight is 201 g/mol. The maximum absolute atomic E-state index is 4.44. The van der Waals surface area contributed by atoms with E-state index in [1.54, 1.807) is 0 Å². The highest BCUT2D eigenvalue weighted by molar-refractivity contribution is 5.54. The first-order valence-corrected chi connectivity index (χ1v) is 5.16. The molecule has 1 aromatic heterocycles. The van der Waals surface area contributed by atoms with Gasteiger partial charge in [-0.1, -0.05) is 43.7 Å². The van der Waals surface area contributed by atoms with Crippen molar-refractivity contribution >= 4 is 0 Å². The molecule has 0 aliphatic carbocycles. The average Bonchev–Trinajstić information content (AvgIpc) is 2.68. The molecule has 0 fully saturated rings. The minimum Gasteiger partial charge on any atom is -0.259 e. The fourth-order valence-electron chi connectivity index (χ4n) is 1.37. The molecule has 78 valence electrons. The number of hydrogen-bond acceptors (Lipinski definition) is 2. The van der Waals surface area contributed by atoms with Gasteiger partial charge in [0.05, 0.1) is 0 Å². The molecule has 2 rings (SSSR count). The van der Waals surface area contributed by atoms with E-state index in [1.165, 1.54) is 5.56 Å². The Morgan fingerprint density at radius 3 is 2.33 bits per heavy atom. The molecule has 0 aliphatic rings. The lowest BCUT2D eigenvalue weighted by atomic mass is 10.1. The molecule has 0 aliphatic heterocycles. The minimum absolute atomic E-state index is 0.362. The lowest BCUT2D eigenvalue weighted by Gasteiger charge is -1.97. The Balaban J connectivity index is 2.33. The van der Waals surface area contributed by atoms with Crippen LogP contribution in [-0.4, -0.2) is 15.2 Å². The van der Waals surface area contributed by atoms with Crippen molar-refractivity contribution in [3.8, 4) is 11.4 Å². The summed E-state index contributed by atoms with van der Waals surface area (Å²) < 4.78 is 0. The molecule has 1 aromatic carbocycles.